The molecule has 256 valence electrons. The third kappa shape index (κ3) is 9.97. The van der Waals surface area contributed by atoms with Crippen LogP contribution >= 0.6 is 11.6 Å². The Morgan fingerprint density at radius 2 is 1.56 bits per heavy atom. The van der Waals surface area contributed by atoms with Gasteiger partial charge in [0.15, 0.2) is 0 Å². The predicted molar refractivity (Wildman–Crippen MR) is 199 cm³/mol. The Balaban J connectivity index is 0.914. The molecule has 0 unspecified atom stereocenters. The van der Waals surface area contributed by atoms with E-state index in [0.29, 0.717) is 48.7 Å². The van der Waals surface area contributed by atoms with E-state index in [1.165, 1.54) is 16.7 Å². The Hall–Kier alpha value is -5.11. The van der Waals surface area contributed by atoms with Crippen molar-refractivity contribution < 1.29 is 19.0 Å². The zero-order valence-corrected chi connectivity index (χ0v) is 29.3. The normalized spacial score (nSPS) is 13.4. The number of nitrogens with zero attached hydrogens (tertiary/aromatic N) is 3. The number of amides is 1. The van der Waals surface area contributed by atoms with Crippen LogP contribution in [0.4, 0.5) is 0 Å². The highest BCUT2D eigenvalue weighted by molar-refractivity contribution is 6.31. The van der Waals surface area contributed by atoms with Gasteiger partial charge in [-0.15, -0.1) is 0 Å². The van der Waals surface area contributed by atoms with Gasteiger partial charge in [0.2, 0.25) is 11.8 Å². The first-order chi connectivity index (χ1) is 24.4. The summed E-state index contributed by atoms with van der Waals surface area (Å²) < 4.78 is 17.7. The highest BCUT2D eigenvalue weighted by atomic mass is 35.5. The first-order valence-electron chi connectivity index (χ1n) is 17.0. The summed E-state index contributed by atoms with van der Waals surface area (Å²) in [6.45, 7) is 9.05. The number of aryl methyl sites for hydroxylation is 2. The number of carbonyl (C=O) groups is 1. The number of rotatable bonds is 13. The molecule has 1 saturated heterocycles. The largest absolute Gasteiger partial charge is 0.493 e. The van der Waals surface area contributed by atoms with Crippen molar-refractivity contribution in [3.8, 4) is 23.1 Å². The third-order valence-corrected chi connectivity index (χ3v) is 9.06. The maximum absolute atomic E-state index is 13.0. The number of hydrogen-bond acceptors (Lipinski definition) is 6. The standard InChI is InChI=1S/C42H42ClN3O4/c1-31-7-15-37(16-8-31)48-26-21-33-9-11-35(12-10-33)29-45-22-24-46(25-23-45)42(47)20-14-34-13-18-40(32(2)27-34)50-41-19-17-38(28-44-41)49-30-36-5-3-4-6-39(36)43/h3-20,27-28H,21-26,29-30H2,1-2H3. The van der Waals surface area contributed by atoms with Crippen LogP contribution in [-0.4, -0.2) is 53.5 Å². The van der Waals surface area contributed by atoms with Gasteiger partial charge in [-0.2, -0.15) is 0 Å². The fourth-order valence-electron chi connectivity index (χ4n) is 5.68. The second-order valence-electron chi connectivity index (χ2n) is 12.5. The lowest BCUT2D eigenvalue weighted by molar-refractivity contribution is -0.127. The van der Waals surface area contributed by atoms with Gasteiger partial charge in [-0.05, 0) is 78.6 Å². The molecule has 7 nitrogen and oxygen atoms in total. The number of pyridine rings is 1. The SMILES string of the molecule is Cc1ccc(OCCc2ccc(CN3CCN(C(=O)C=Cc4ccc(Oc5ccc(OCc6ccccc6Cl)cn5)c(C)c4)CC3)cc2)cc1. The number of piperazine rings is 1. The van der Waals surface area contributed by atoms with E-state index < -0.39 is 0 Å². The summed E-state index contributed by atoms with van der Waals surface area (Å²) in [6, 6.07) is 34.0. The molecule has 1 amide bonds. The van der Waals surface area contributed by atoms with Gasteiger partial charge in [0.25, 0.3) is 0 Å². The van der Waals surface area contributed by atoms with Gasteiger partial charge in [0, 0.05) is 61.9 Å². The molecule has 2 heterocycles. The molecule has 0 N–H and O–H groups in total. The van der Waals surface area contributed by atoms with E-state index in [2.05, 4.69) is 53.2 Å². The van der Waals surface area contributed by atoms with E-state index in [1.807, 2.05) is 78.6 Å². The van der Waals surface area contributed by atoms with E-state index in [9.17, 15) is 4.79 Å². The number of aromatic nitrogens is 1. The van der Waals surface area contributed by atoms with Crippen molar-refractivity contribution in [2.45, 2.75) is 33.4 Å². The Labute approximate surface area is 299 Å². The van der Waals surface area contributed by atoms with Crippen molar-refractivity contribution in [1.82, 2.24) is 14.8 Å². The van der Waals surface area contributed by atoms with Crippen LogP contribution in [0.2, 0.25) is 5.02 Å². The Morgan fingerprint density at radius 3 is 2.28 bits per heavy atom. The average Bonchev–Trinajstić information content (AvgIpc) is 3.14. The number of halogens is 1. The predicted octanol–water partition coefficient (Wildman–Crippen LogP) is 8.70. The molecular weight excluding hydrogens is 646 g/mol. The number of carbonyl (C=O) groups excluding carboxylic acids is 1. The zero-order chi connectivity index (χ0) is 34.7. The summed E-state index contributed by atoms with van der Waals surface area (Å²) >= 11 is 6.21. The summed E-state index contributed by atoms with van der Waals surface area (Å²) in [5.74, 6) is 2.73. The molecule has 1 fully saturated rings. The quantitative estimate of drug-likeness (QED) is 0.115. The minimum Gasteiger partial charge on any atom is -0.493 e. The van der Waals surface area contributed by atoms with Crippen molar-refractivity contribution in [2.24, 2.45) is 0 Å². The number of hydrogen-bond donors (Lipinski definition) is 0. The fourth-order valence-corrected chi connectivity index (χ4v) is 5.87. The van der Waals surface area contributed by atoms with E-state index in [-0.39, 0.29) is 5.91 Å². The lowest BCUT2D eigenvalue weighted by atomic mass is 10.1. The van der Waals surface area contributed by atoms with Crippen LogP contribution in [0.5, 0.6) is 23.1 Å². The maximum atomic E-state index is 13.0. The molecular formula is C42H42ClN3O4. The summed E-state index contributed by atoms with van der Waals surface area (Å²) in [5.41, 5.74) is 6.56. The summed E-state index contributed by atoms with van der Waals surface area (Å²) in [6.07, 6.45) is 6.03. The second-order valence-corrected chi connectivity index (χ2v) is 12.9. The van der Waals surface area contributed by atoms with Crippen LogP contribution in [0.25, 0.3) is 6.08 Å². The summed E-state index contributed by atoms with van der Waals surface area (Å²) in [4.78, 5) is 21.7. The monoisotopic (exact) mass is 687 g/mol. The lowest BCUT2D eigenvalue weighted by Gasteiger charge is -2.34. The van der Waals surface area contributed by atoms with Gasteiger partial charge in [-0.3, -0.25) is 9.69 Å². The van der Waals surface area contributed by atoms with Crippen LogP contribution in [0.1, 0.15) is 33.4 Å². The third-order valence-electron chi connectivity index (χ3n) is 8.69. The fraction of sp³-hybridized carbons (Fsp3) is 0.238. The highest BCUT2D eigenvalue weighted by Crippen LogP contribution is 2.27. The molecule has 1 aliphatic rings. The molecule has 0 saturated carbocycles. The van der Waals surface area contributed by atoms with E-state index in [4.69, 9.17) is 25.8 Å². The van der Waals surface area contributed by atoms with Gasteiger partial charge in [-0.1, -0.05) is 77.8 Å². The van der Waals surface area contributed by atoms with Crippen LogP contribution in [0.3, 0.4) is 0 Å². The molecule has 6 rings (SSSR count). The van der Waals surface area contributed by atoms with Gasteiger partial charge in [-0.25, -0.2) is 4.98 Å². The molecule has 4 aromatic carbocycles. The van der Waals surface area contributed by atoms with Crippen molar-refractivity contribution in [3.63, 3.8) is 0 Å². The van der Waals surface area contributed by atoms with Crippen LogP contribution < -0.4 is 14.2 Å². The Kier molecular flexibility index (Phi) is 11.8. The van der Waals surface area contributed by atoms with Crippen molar-refractivity contribution >= 4 is 23.6 Å². The van der Waals surface area contributed by atoms with E-state index >= 15 is 0 Å². The highest BCUT2D eigenvalue weighted by Gasteiger charge is 2.19. The van der Waals surface area contributed by atoms with Crippen LogP contribution in [0.15, 0.2) is 115 Å². The Bertz CT molecular complexity index is 1880. The van der Waals surface area contributed by atoms with Gasteiger partial charge >= 0.3 is 0 Å². The van der Waals surface area contributed by atoms with Crippen LogP contribution in [-0.2, 0) is 24.4 Å². The summed E-state index contributed by atoms with van der Waals surface area (Å²) in [7, 11) is 0. The molecule has 1 aliphatic heterocycles. The van der Waals surface area contributed by atoms with Gasteiger partial charge < -0.3 is 19.1 Å². The van der Waals surface area contributed by atoms with Gasteiger partial charge in [0.1, 0.15) is 23.9 Å². The molecule has 0 atom stereocenters. The van der Waals surface area contributed by atoms with Crippen molar-refractivity contribution in [2.75, 3.05) is 32.8 Å². The second kappa shape index (κ2) is 17.0. The van der Waals surface area contributed by atoms with Crippen molar-refractivity contribution in [1.29, 1.82) is 0 Å². The molecule has 0 radical (unpaired) electrons. The Morgan fingerprint density at radius 1 is 0.820 bits per heavy atom. The lowest BCUT2D eigenvalue weighted by Crippen LogP contribution is -2.47. The maximum Gasteiger partial charge on any atom is 0.246 e. The van der Waals surface area contributed by atoms with Crippen molar-refractivity contribution in [3.05, 3.63) is 154 Å². The summed E-state index contributed by atoms with van der Waals surface area (Å²) in [5, 5.41) is 0.669. The average molecular weight is 688 g/mol. The van der Waals surface area contributed by atoms with Gasteiger partial charge in [0.05, 0.1) is 12.8 Å². The minimum atomic E-state index is 0.0286. The molecule has 0 aliphatic carbocycles. The molecule has 8 heteroatoms. The number of ether oxygens (including phenoxy) is 3. The number of benzene rings is 4. The van der Waals surface area contributed by atoms with E-state index in [1.54, 1.807) is 18.3 Å². The minimum absolute atomic E-state index is 0.0286. The topological polar surface area (TPSA) is 64.1 Å². The molecule has 1 aromatic heterocycles. The first-order valence-corrected chi connectivity index (χ1v) is 17.3. The zero-order valence-electron chi connectivity index (χ0n) is 28.6. The smallest absolute Gasteiger partial charge is 0.246 e. The first kappa shape index (κ1) is 34.7. The van der Waals surface area contributed by atoms with Crippen LogP contribution in [0, 0.1) is 13.8 Å². The molecule has 0 bridgehead atoms. The molecule has 50 heavy (non-hydrogen) atoms. The van der Waals surface area contributed by atoms with E-state index in [0.717, 1.165) is 48.5 Å². The molecule has 5 aromatic rings. The molecule has 0 spiro atoms.